The Morgan fingerprint density at radius 1 is 1.17 bits per heavy atom. The molecule has 1 N–H and O–H groups in total. The van der Waals surface area contributed by atoms with E-state index in [0.29, 0.717) is 22.4 Å². The largest absolute Gasteiger partial charge is 0.282 e. The van der Waals surface area contributed by atoms with Gasteiger partial charge < -0.3 is 0 Å². The average molecular weight is 407 g/mol. The minimum Gasteiger partial charge on any atom is -0.282 e. The first kappa shape index (κ1) is 19.3. The molecule has 0 saturated heterocycles. The lowest BCUT2D eigenvalue weighted by atomic mass is 10.1. The Morgan fingerprint density at radius 3 is 2.62 bits per heavy atom. The number of nitrogens with zero attached hydrogens (tertiary/aromatic N) is 3. The highest BCUT2D eigenvalue weighted by Crippen LogP contribution is 2.33. The number of rotatable bonds is 4. The summed E-state index contributed by atoms with van der Waals surface area (Å²) in [6, 6.07) is 11.2. The standard InChI is InChI=1S/C22H22N4O2S/c1-12(2)11-26(22-23-17-10-13(3)9-14(4)19(17)29-22)21(28)18-15-7-5-6-8-16(15)20(27)25-24-18/h5-10,12H,11H2,1-4H3,(H,25,27). The van der Waals surface area contributed by atoms with E-state index in [-0.39, 0.29) is 23.1 Å². The van der Waals surface area contributed by atoms with Crippen molar-refractivity contribution in [3.63, 3.8) is 0 Å². The fraction of sp³-hybridized carbons (Fsp3) is 0.273. The van der Waals surface area contributed by atoms with Gasteiger partial charge in [0.05, 0.1) is 15.6 Å². The minimum atomic E-state index is -0.307. The molecule has 29 heavy (non-hydrogen) atoms. The number of aromatic nitrogens is 3. The van der Waals surface area contributed by atoms with Gasteiger partial charge in [-0.3, -0.25) is 14.5 Å². The van der Waals surface area contributed by atoms with Gasteiger partial charge in [0.25, 0.3) is 11.5 Å². The number of benzene rings is 2. The molecule has 1 amide bonds. The molecule has 0 aliphatic carbocycles. The molecule has 0 bridgehead atoms. The van der Waals surface area contributed by atoms with Gasteiger partial charge in [-0.1, -0.05) is 49.4 Å². The molecule has 0 radical (unpaired) electrons. The summed E-state index contributed by atoms with van der Waals surface area (Å²) in [5.41, 5.74) is 3.10. The van der Waals surface area contributed by atoms with E-state index in [1.54, 1.807) is 29.2 Å². The van der Waals surface area contributed by atoms with Gasteiger partial charge in [-0.05, 0) is 43.0 Å². The van der Waals surface area contributed by atoms with Crippen molar-refractivity contribution in [3.05, 3.63) is 63.6 Å². The zero-order valence-electron chi connectivity index (χ0n) is 16.8. The molecule has 2 aromatic carbocycles. The fourth-order valence-electron chi connectivity index (χ4n) is 3.50. The SMILES string of the molecule is Cc1cc(C)c2sc(N(CC(C)C)C(=O)c3n[nH]c(=O)c4ccccc34)nc2c1. The molecule has 148 valence electrons. The number of aromatic amines is 1. The van der Waals surface area contributed by atoms with Crippen LogP contribution in [0, 0.1) is 19.8 Å². The quantitative estimate of drug-likeness (QED) is 0.543. The lowest BCUT2D eigenvalue weighted by molar-refractivity contribution is 0.0980. The summed E-state index contributed by atoms with van der Waals surface area (Å²) in [4.78, 5) is 32.1. The van der Waals surface area contributed by atoms with Gasteiger partial charge in [0.1, 0.15) is 0 Å². The maximum atomic E-state index is 13.5. The number of hydrogen-bond donors (Lipinski definition) is 1. The monoisotopic (exact) mass is 406 g/mol. The molecule has 0 atom stereocenters. The number of nitrogens with one attached hydrogen (secondary N) is 1. The van der Waals surface area contributed by atoms with Gasteiger partial charge in [0.15, 0.2) is 10.8 Å². The van der Waals surface area contributed by atoms with Crippen molar-refractivity contribution in [1.29, 1.82) is 0 Å². The maximum Gasteiger partial charge on any atom is 0.281 e. The van der Waals surface area contributed by atoms with Gasteiger partial charge in [-0.15, -0.1) is 0 Å². The predicted octanol–water partition coefficient (Wildman–Crippen LogP) is 4.45. The van der Waals surface area contributed by atoms with E-state index in [1.807, 2.05) is 13.0 Å². The molecule has 2 aromatic heterocycles. The van der Waals surface area contributed by atoms with Crippen LogP contribution in [0.2, 0.25) is 0 Å². The van der Waals surface area contributed by atoms with E-state index in [0.717, 1.165) is 21.3 Å². The number of thiazole rings is 1. The molecular formula is C22H22N4O2S. The Kier molecular flexibility index (Phi) is 4.92. The van der Waals surface area contributed by atoms with Crippen LogP contribution in [0.5, 0.6) is 0 Å². The normalized spacial score (nSPS) is 11.5. The van der Waals surface area contributed by atoms with Crippen LogP contribution < -0.4 is 10.5 Å². The Bertz CT molecular complexity index is 1290. The summed E-state index contributed by atoms with van der Waals surface area (Å²) < 4.78 is 1.08. The van der Waals surface area contributed by atoms with Gasteiger partial charge in [0.2, 0.25) is 0 Å². The van der Waals surface area contributed by atoms with Crippen molar-refractivity contribution in [2.45, 2.75) is 27.7 Å². The lowest BCUT2D eigenvalue weighted by Crippen LogP contribution is -2.35. The zero-order chi connectivity index (χ0) is 20.7. The Morgan fingerprint density at radius 2 is 1.90 bits per heavy atom. The molecule has 6 nitrogen and oxygen atoms in total. The first-order valence-electron chi connectivity index (χ1n) is 9.52. The third-order valence-corrected chi connectivity index (χ3v) is 5.96. The first-order chi connectivity index (χ1) is 13.8. The Balaban J connectivity index is 1.87. The van der Waals surface area contributed by atoms with Crippen molar-refractivity contribution in [1.82, 2.24) is 15.2 Å². The summed E-state index contributed by atoms with van der Waals surface area (Å²) in [7, 11) is 0. The number of carbonyl (C=O) groups is 1. The number of fused-ring (bicyclic) bond motifs is 2. The molecule has 7 heteroatoms. The zero-order valence-corrected chi connectivity index (χ0v) is 17.6. The topological polar surface area (TPSA) is 79.0 Å². The number of H-pyrrole nitrogens is 1. The van der Waals surface area contributed by atoms with Gasteiger partial charge >= 0.3 is 0 Å². The molecule has 2 heterocycles. The summed E-state index contributed by atoms with van der Waals surface area (Å²) in [5.74, 6) is -0.0256. The van der Waals surface area contributed by atoms with Crippen LogP contribution in [-0.4, -0.2) is 27.6 Å². The van der Waals surface area contributed by atoms with E-state index >= 15 is 0 Å². The van der Waals surface area contributed by atoms with Crippen LogP contribution in [0.3, 0.4) is 0 Å². The Hall–Kier alpha value is -3.06. The highest BCUT2D eigenvalue weighted by atomic mass is 32.1. The first-order valence-corrected chi connectivity index (χ1v) is 10.3. The van der Waals surface area contributed by atoms with Gasteiger partial charge in [-0.25, -0.2) is 10.1 Å². The summed E-state index contributed by atoms with van der Waals surface area (Å²) in [5, 5.41) is 8.19. The molecule has 0 unspecified atom stereocenters. The minimum absolute atomic E-state index is 0.230. The van der Waals surface area contributed by atoms with E-state index in [2.05, 4.69) is 37.0 Å². The van der Waals surface area contributed by atoms with Gasteiger partial charge in [0, 0.05) is 11.9 Å². The number of anilines is 1. The molecule has 0 aliphatic heterocycles. The molecule has 0 spiro atoms. The van der Waals surface area contributed by atoms with Crippen molar-refractivity contribution < 1.29 is 4.79 Å². The molecule has 0 saturated carbocycles. The molecular weight excluding hydrogens is 384 g/mol. The van der Waals surface area contributed by atoms with Crippen molar-refractivity contribution in [2.75, 3.05) is 11.4 Å². The van der Waals surface area contributed by atoms with Crippen LogP contribution in [0.15, 0.2) is 41.2 Å². The van der Waals surface area contributed by atoms with Crippen molar-refractivity contribution >= 4 is 43.4 Å². The highest BCUT2D eigenvalue weighted by molar-refractivity contribution is 7.22. The van der Waals surface area contributed by atoms with E-state index in [1.165, 1.54) is 11.3 Å². The number of aryl methyl sites for hydroxylation is 2. The highest BCUT2D eigenvalue weighted by Gasteiger charge is 2.26. The summed E-state index contributed by atoms with van der Waals surface area (Å²) in [6.45, 7) is 8.72. The molecule has 0 aliphatic rings. The summed E-state index contributed by atoms with van der Waals surface area (Å²) >= 11 is 1.51. The second kappa shape index (κ2) is 7.40. The maximum absolute atomic E-state index is 13.5. The van der Waals surface area contributed by atoms with Crippen LogP contribution in [0.25, 0.3) is 21.0 Å². The lowest BCUT2D eigenvalue weighted by Gasteiger charge is -2.21. The predicted molar refractivity (Wildman–Crippen MR) is 118 cm³/mol. The van der Waals surface area contributed by atoms with Gasteiger partial charge in [-0.2, -0.15) is 5.10 Å². The number of hydrogen-bond acceptors (Lipinski definition) is 5. The molecule has 0 fully saturated rings. The van der Waals surface area contributed by atoms with E-state index in [9.17, 15) is 9.59 Å². The second-order valence-electron chi connectivity index (χ2n) is 7.68. The third-order valence-electron chi connectivity index (χ3n) is 4.73. The van der Waals surface area contributed by atoms with E-state index < -0.39 is 0 Å². The molecule has 4 aromatic rings. The number of amides is 1. The second-order valence-corrected chi connectivity index (χ2v) is 8.66. The fourth-order valence-corrected chi connectivity index (χ4v) is 4.52. The van der Waals surface area contributed by atoms with Crippen molar-refractivity contribution in [3.8, 4) is 0 Å². The molecule has 4 rings (SSSR count). The van der Waals surface area contributed by atoms with E-state index in [4.69, 9.17) is 4.98 Å². The number of carbonyl (C=O) groups excluding carboxylic acids is 1. The summed E-state index contributed by atoms with van der Waals surface area (Å²) in [6.07, 6.45) is 0. The third kappa shape index (κ3) is 3.53. The smallest absolute Gasteiger partial charge is 0.281 e. The van der Waals surface area contributed by atoms with Crippen molar-refractivity contribution in [2.24, 2.45) is 5.92 Å². The van der Waals surface area contributed by atoms with Crippen LogP contribution in [0.4, 0.5) is 5.13 Å². The van der Waals surface area contributed by atoms with Crippen LogP contribution >= 0.6 is 11.3 Å². The van der Waals surface area contributed by atoms with Crippen LogP contribution in [-0.2, 0) is 0 Å². The average Bonchev–Trinajstić information content (AvgIpc) is 3.10. The Labute approximate surface area is 172 Å². The van der Waals surface area contributed by atoms with Crippen LogP contribution in [0.1, 0.15) is 35.5 Å².